The number of carboxylic acid groups (broad SMARTS) is 1. The van der Waals surface area contributed by atoms with Gasteiger partial charge < -0.3 is 14.6 Å². The molecule has 0 unspecified atom stereocenters. The van der Waals surface area contributed by atoms with Gasteiger partial charge in [0.15, 0.2) is 0 Å². The highest BCUT2D eigenvalue weighted by atomic mass is 19.1. The number of piperazine rings is 1. The summed E-state index contributed by atoms with van der Waals surface area (Å²) in [5.41, 5.74) is 0.0399. The standard InChI is InChI=1S/C21H24FN3O4/c1-13(26)4-5-23-6-8-24(9-7-23)19-11-18-15(10-17(19)22)20(27)16(21(28)29)12-25(18)14-2-3-14/h10-12,14H,2-9H2,1H3,(H,28,29). The van der Waals surface area contributed by atoms with Crippen LogP contribution in [0.4, 0.5) is 10.1 Å². The number of Topliss-reactive ketones (excluding diaryl/α,β-unsaturated/α-hetero) is 1. The van der Waals surface area contributed by atoms with E-state index in [2.05, 4.69) is 4.90 Å². The maximum atomic E-state index is 14.9. The number of pyridine rings is 1. The molecule has 0 atom stereocenters. The van der Waals surface area contributed by atoms with Crippen LogP contribution in [0.1, 0.15) is 42.6 Å². The molecule has 2 fully saturated rings. The zero-order chi connectivity index (χ0) is 20.7. The molecule has 0 spiro atoms. The number of carbonyl (C=O) groups excluding carboxylic acids is 1. The van der Waals surface area contributed by atoms with Crippen LogP contribution in [0.15, 0.2) is 23.1 Å². The minimum atomic E-state index is -1.29. The van der Waals surface area contributed by atoms with Gasteiger partial charge in [-0.15, -0.1) is 0 Å². The van der Waals surface area contributed by atoms with Gasteiger partial charge in [-0.3, -0.25) is 14.5 Å². The van der Waals surface area contributed by atoms with E-state index in [0.717, 1.165) is 25.9 Å². The summed E-state index contributed by atoms with van der Waals surface area (Å²) in [4.78, 5) is 39.3. The Bertz CT molecular complexity index is 1040. The first kappa shape index (κ1) is 19.6. The zero-order valence-electron chi connectivity index (χ0n) is 16.4. The van der Waals surface area contributed by atoms with Crippen LogP contribution >= 0.6 is 0 Å². The van der Waals surface area contributed by atoms with Crippen molar-refractivity contribution in [2.24, 2.45) is 0 Å². The molecule has 0 amide bonds. The fraction of sp³-hybridized carbons (Fsp3) is 0.476. The van der Waals surface area contributed by atoms with E-state index in [4.69, 9.17) is 0 Å². The van der Waals surface area contributed by atoms with Crippen molar-refractivity contribution in [1.82, 2.24) is 9.47 Å². The van der Waals surface area contributed by atoms with E-state index < -0.39 is 17.2 Å². The van der Waals surface area contributed by atoms with E-state index in [1.807, 2.05) is 9.47 Å². The zero-order valence-corrected chi connectivity index (χ0v) is 16.4. The summed E-state index contributed by atoms with van der Waals surface area (Å²) in [7, 11) is 0. The predicted molar refractivity (Wildman–Crippen MR) is 107 cm³/mol. The highest BCUT2D eigenvalue weighted by molar-refractivity contribution is 5.93. The van der Waals surface area contributed by atoms with Crippen molar-refractivity contribution in [3.05, 3.63) is 39.9 Å². The van der Waals surface area contributed by atoms with Crippen molar-refractivity contribution in [3.8, 4) is 0 Å². The molecule has 1 aliphatic carbocycles. The highest BCUT2D eigenvalue weighted by Crippen LogP contribution is 2.38. The lowest BCUT2D eigenvalue weighted by Crippen LogP contribution is -2.47. The number of nitrogens with zero attached hydrogens (tertiary/aromatic N) is 3. The minimum absolute atomic E-state index is 0.109. The number of carboxylic acids is 1. The van der Waals surface area contributed by atoms with Crippen LogP contribution in [-0.4, -0.2) is 59.0 Å². The number of hydrogen-bond donors (Lipinski definition) is 1. The average Bonchev–Trinajstić information content (AvgIpc) is 3.52. The van der Waals surface area contributed by atoms with E-state index in [1.54, 1.807) is 13.0 Å². The van der Waals surface area contributed by atoms with Gasteiger partial charge in [0, 0.05) is 56.8 Å². The van der Waals surface area contributed by atoms with Crippen LogP contribution in [0.2, 0.25) is 0 Å². The van der Waals surface area contributed by atoms with Gasteiger partial charge in [-0.2, -0.15) is 0 Å². The first-order valence-corrected chi connectivity index (χ1v) is 9.93. The molecule has 1 saturated carbocycles. The second-order valence-electron chi connectivity index (χ2n) is 7.92. The van der Waals surface area contributed by atoms with Gasteiger partial charge in [0.05, 0.1) is 11.2 Å². The Labute approximate surface area is 167 Å². The highest BCUT2D eigenvalue weighted by Gasteiger charge is 2.28. The summed E-state index contributed by atoms with van der Waals surface area (Å²) in [5.74, 6) is -1.65. The number of carbonyl (C=O) groups is 2. The van der Waals surface area contributed by atoms with Crippen molar-refractivity contribution in [2.45, 2.75) is 32.2 Å². The van der Waals surface area contributed by atoms with Gasteiger partial charge in [0.1, 0.15) is 17.2 Å². The Hall–Kier alpha value is -2.74. The number of halogens is 1. The third-order valence-corrected chi connectivity index (χ3v) is 5.76. The molecule has 1 saturated heterocycles. The van der Waals surface area contributed by atoms with E-state index in [9.17, 15) is 23.9 Å². The second-order valence-corrected chi connectivity index (χ2v) is 7.92. The van der Waals surface area contributed by atoms with Crippen molar-refractivity contribution in [2.75, 3.05) is 37.6 Å². The molecule has 7 nitrogen and oxygen atoms in total. The third kappa shape index (κ3) is 3.89. The average molecular weight is 401 g/mol. The lowest BCUT2D eigenvalue weighted by molar-refractivity contribution is -0.117. The largest absolute Gasteiger partial charge is 0.477 e. The number of aromatic carboxylic acids is 1. The smallest absolute Gasteiger partial charge is 0.341 e. The lowest BCUT2D eigenvalue weighted by atomic mass is 10.1. The van der Waals surface area contributed by atoms with Crippen LogP contribution in [0.3, 0.4) is 0 Å². The number of benzene rings is 1. The topological polar surface area (TPSA) is 82.8 Å². The summed E-state index contributed by atoms with van der Waals surface area (Å²) in [6.45, 7) is 5.01. The fourth-order valence-electron chi connectivity index (χ4n) is 3.94. The van der Waals surface area contributed by atoms with Crippen LogP contribution < -0.4 is 10.3 Å². The quantitative estimate of drug-likeness (QED) is 0.800. The number of ketones is 1. The Morgan fingerprint density at radius 1 is 1.17 bits per heavy atom. The summed E-state index contributed by atoms with van der Waals surface area (Å²) < 4.78 is 16.7. The number of anilines is 1. The minimum Gasteiger partial charge on any atom is -0.477 e. The molecule has 1 aromatic heterocycles. The van der Waals surface area contributed by atoms with Crippen molar-refractivity contribution >= 4 is 28.3 Å². The number of rotatable bonds is 6. The number of fused-ring (bicyclic) bond motifs is 1. The maximum absolute atomic E-state index is 14.9. The molecule has 1 aliphatic heterocycles. The molecule has 1 N–H and O–H groups in total. The van der Waals surface area contributed by atoms with Crippen molar-refractivity contribution < 1.29 is 19.1 Å². The molecule has 0 radical (unpaired) electrons. The molecule has 4 rings (SSSR count). The van der Waals surface area contributed by atoms with Gasteiger partial charge >= 0.3 is 5.97 Å². The molecule has 2 aliphatic rings. The molecule has 1 aromatic carbocycles. The van der Waals surface area contributed by atoms with Gasteiger partial charge in [-0.25, -0.2) is 9.18 Å². The Morgan fingerprint density at radius 2 is 1.86 bits per heavy atom. The Kier molecular flexibility index (Phi) is 5.12. The lowest BCUT2D eigenvalue weighted by Gasteiger charge is -2.36. The van der Waals surface area contributed by atoms with Crippen LogP contribution in [0.25, 0.3) is 10.9 Å². The maximum Gasteiger partial charge on any atom is 0.341 e. The van der Waals surface area contributed by atoms with Gasteiger partial charge in [0.25, 0.3) is 0 Å². The fourth-order valence-corrected chi connectivity index (χ4v) is 3.94. The first-order valence-electron chi connectivity index (χ1n) is 9.93. The molecule has 154 valence electrons. The van der Waals surface area contributed by atoms with Gasteiger partial charge in [0.2, 0.25) is 5.43 Å². The van der Waals surface area contributed by atoms with Crippen molar-refractivity contribution in [1.29, 1.82) is 0 Å². The van der Waals surface area contributed by atoms with Crippen LogP contribution in [0, 0.1) is 5.82 Å². The summed E-state index contributed by atoms with van der Waals surface area (Å²) in [6, 6.07) is 3.01. The number of hydrogen-bond acceptors (Lipinski definition) is 5. The summed E-state index contributed by atoms with van der Waals surface area (Å²) in [6.07, 6.45) is 3.74. The summed E-state index contributed by atoms with van der Waals surface area (Å²) in [5, 5.41) is 9.45. The van der Waals surface area contributed by atoms with Gasteiger partial charge in [-0.05, 0) is 31.9 Å². The molecule has 0 bridgehead atoms. The molecular weight excluding hydrogens is 377 g/mol. The van der Waals surface area contributed by atoms with E-state index in [1.165, 1.54) is 12.3 Å². The molecule has 2 heterocycles. The third-order valence-electron chi connectivity index (χ3n) is 5.76. The number of aromatic nitrogens is 1. The molecule has 29 heavy (non-hydrogen) atoms. The SMILES string of the molecule is CC(=O)CCN1CCN(c2cc3c(cc2F)c(=O)c(C(=O)O)cn3C2CC2)CC1. The summed E-state index contributed by atoms with van der Waals surface area (Å²) >= 11 is 0. The Balaban J connectivity index is 1.67. The molecule has 2 aromatic rings. The monoisotopic (exact) mass is 401 g/mol. The van der Waals surface area contributed by atoms with Gasteiger partial charge in [-0.1, -0.05) is 0 Å². The van der Waals surface area contributed by atoms with E-state index in [0.29, 0.717) is 37.3 Å². The molecule has 8 heteroatoms. The van der Waals surface area contributed by atoms with Crippen molar-refractivity contribution in [3.63, 3.8) is 0 Å². The van der Waals surface area contributed by atoms with Crippen LogP contribution in [-0.2, 0) is 4.79 Å². The predicted octanol–water partition coefficient (Wildman–Crippen LogP) is 2.27. The second kappa shape index (κ2) is 7.59. The van der Waals surface area contributed by atoms with Crippen LogP contribution in [0.5, 0.6) is 0 Å². The van der Waals surface area contributed by atoms with E-state index in [-0.39, 0.29) is 22.8 Å². The first-order chi connectivity index (χ1) is 13.8. The van der Waals surface area contributed by atoms with E-state index >= 15 is 0 Å². The normalized spacial score (nSPS) is 17.7. The Morgan fingerprint density at radius 3 is 2.45 bits per heavy atom. The molecular formula is C21H24FN3O4.